The first-order valence-electron chi connectivity index (χ1n) is 9.05. The zero-order chi connectivity index (χ0) is 17.9. The summed E-state index contributed by atoms with van der Waals surface area (Å²) in [5.41, 5.74) is 3.33. The first-order chi connectivity index (χ1) is 12.7. The molecule has 7 heteroatoms. The quantitative estimate of drug-likeness (QED) is 0.674. The molecule has 3 aromatic rings. The number of amides is 2. The van der Waals surface area contributed by atoms with Crippen molar-refractivity contribution in [2.45, 2.75) is 13.3 Å². The lowest BCUT2D eigenvalue weighted by Crippen LogP contribution is -2.52. The van der Waals surface area contributed by atoms with Crippen molar-refractivity contribution in [3.05, 3.63) is 47.8 Å². The number of fused-ring (bicyclic) bond motifs is 1. The van der Waals surface area contributed by atoms with Crippen molar-refractivity contribution in [2.24, 2.45) is 0 Å². The summed E-state index contributed by atoms with van der Waals surface area (Å²) in [5, 5.41) is 11.5. The van der Waals surface area contributed by atoms with E-state index in [1.807, 2.05) is 30.0 Å². The van der Waals surface area contributed by atoms with E-state index >= 15 is 0 Å². The summed E-state index contributed by atoms with van der Waals surface area (Å²) in [6.45, 7) is 5.66. The summed E-state index contributed by atoms with van der Waals surface area (Å²) in [6.07, 6.45) is 0.799. The number of piperazine rings is 1. The van der Waals surface area contributed by atoms with E-state index in [2.05, 4.69) is 43.6 Å². The molecular formula is C19H24N6O. The van der Waals surface area contributed by atoms with Crippen LogP contribution in [0.3, 0.4) is 0 Å². The second kappa shape index (κ2) is 7.11. The molecule has 0 radical (unpaired) electrons. The van der Waals surface area contributed by atoms with E-state index in [-0.39, 0.29) is 6.03 Å². The number of carbonyl (C=O) groups is 1. The molecule has 136 valence electrons. The number of carbonyl (C=O) groups excluding carboxylic acids is 1. The van der Waals surface area contributed by atoms with Crippen LogP contribution in [0.1, 0.15) is 11.4 Å². The second-order valence-corrected chi connectivity index (χ2v) is 6.75. The van der Waals surface area contributed by atoms with E-state index in [0.717, 1.165) is 42.2 Å². The molecule has 0 saturated carbocycles. The monoisotopic (exact) mass is 352 g/mol. The Balaban J connectivity index is 1.24. The Morgan fingerprint density at radius 2 is 2.00 bits per heavy atom. The van der Waals surface area contributed by atoms with Crippen molar-refractivity contribution < 1.29 is 4.79 Å². The Hall–Kier alpha value is -2.96. The van der Waals surface area contributed by atoms with Gasteiger partial charge in [0, 0.05) is 62.1 Å². The minimum absolute atomic E-state index is 0.0129. The summed E-state index contributed by atoms with van der Waals surface area (Å²) in [5.74, 6) is 0.960. The SMILES string of the molecule is Cc1cc(N2CCN(C(=O)NCCc3cc4ccccc4[nH]3)CC2)n[nH]1. The third-order valence-electron chi connectivity index (χ3n) is 4.84. The molecule has 0 atom stereocenters. The van der Waals surface area contributed by atoms with E-state index in [9.17, 15) is 4.79 Å². The first-order valence-corrected chi connectivity index (χ1v) is 9.05. The lowest BCUT2D eigenvalue weighted by molar-refractivity contribution is 0.194. The maximum atomic E-state index is 12.4. The minimum atomic E-state index is 0.0129. The third-order valence-corrected chi connectivity index (χ3v) is 4.84. The van der Waals surface area contributed by atoms with E-state index in [1.165, 1.54) is 5.39 Å². The molecule has 1 aliphatic rings. The number of urea groups is 1. The van der Waals surface area contributed by atoms with Crippen LogP contribution in [-0.4, -0.2) is 58.8 Å². The van der Waals surface area contributed by atoms with Crippen LogP contribution in [0.25, 0.3) is 10.9 Å². The van der Waals surface area contributed by atoms with Gasteiger partial charge in [-0.2, -0.15) is 5.10 Å². The van der Waals surface area contributed by atoms with Gasteiger partial charge in [-0.1, -0.05) is 18.2 Å². The Bertz CT molecular complexity index is 857. The van der Waals surface area contributed by atoms with Crippen molar-refractivity contribution >= 4 is 22.8 Å². The number of aryl methyl sites for hydroxylation is 1. The predicted molar refractivity (Wildman–Crippen MR) is 103 cm³/mol. The highest BCUT2D eigenvalue weighted by Crippen LogP contribution is 2.15. The van der Waals surface area contributed by atoms with Gasteiger partial charge in [-0.25, -0.2) is 4.79 Å². The molecule has 3 N–H and O–H groups in total. The van der Waals surface area contributed by atoms with Gasteiger partial charge in [0.05, 0.1) is 0 Å². The van der Waals surface area contributed by atoms with Gasteiger partial charge in [-0.05, 0) is 24.4 Å². The molecule has 3 heterocycles. The van der Waals surface area contributed by atoms with Gasteiger partial charge in [0.25, 0.3) is 0 Å². The van der Waals surface area contributed by atoms with Crippen LogP contribution in [0.5, 0.6) is 0 Å². The number of H-pyrrole nitrogens is 2. The third kappa shape index (κ3) is 3.51. The molecule has 0 bridgehead atoms. The lowest BCUT2D eigenvalue weighted by atomic mass is 10.2. The van der Waals surface area contributed by atoms with Crippen LogP contribution in [0.2, 0.25) is 0 Å². The molecule has 1 saturated heterocycles. The number of rotatable bonds is 4. The molecule has 1 fully saturated rings. The number of para-hydroxylation sites is 1. The van der Waals surface area contributed by atoms with Crippen LogP contribution in [-0.2, 0) is 6.42 Å². The van der Waals surface area contributed by atoms with Gasteiger partial charge in [0.1, 0.15) is 0 Å². The largest absolute Gasteiger partial charge is 0.358 e. The fourth-order valence-electron chi connectivity index (χ4n) is 3.39. The summed E-state index contributed by atoms with van der Waals surface area (Å²) >= 11 is 0. The smallest absolute Gasteiger partial charge is 0.317 e. The minimum Gasteiger partial charge on any atom is -0.358 e. The zero-order valence-corrected chi connectivity index (χ0v) is 15.0. The topological polar surface area (TPSA) is 80.0 Å². The van der Waals surface area contributed by atoms with Gasteiger partial charge < -0.3 is 20.1 Å². The number of aromatic amines is 2. The van der Waals surface area contributed by atoms with Gasteiger partial charge in [-0.15, -0.1) is 0 Å². The van der Waals surface area contributed by atoms with Gasteiger partial charge in [-0.3, -0.25) is 5.10 Å². The van der Waals surface area contributed by atoms with E-state index in [0.29, 0.717) is 19.6 Å². The van der Waals surface area contributed by atoms with Crippen molar-refractivity contribution in [3.63, 3.8) is 0 Å². The summed E-state index contributed by atoms with van der Waals surface area (Å²) in [4.78, 5) is 19.8. The first kappa shape index (κ1) is 16.5. The van der Waals surface area contributed by atoms with Crippen LogP contribution in [0.4, 0.5) is 10.6 Å². The van der Waals surface area contributed by atoms with Gasteiger partial charge >= 0.3 is 6.03 Å². The summed E-state index contributed by atoms with van der Waals surface area (Å²) < 4.78 is 0. The van der Waals surface area contributed by atoms with E-state index < -0.39 is 0 Å². The van der Waals surface area contributed by atoms with Crippen LogP contribution in [0, 0.1) is 6.92 Å². The van der Waals surface area contributed by atoms with E-state index in [1.54, 1.807) is 0 Å². The second-order valence-electron chi connectivity index (χ2n) is 6.75. The van der Waals surface area contributed by atoms with Crippen molar-refractivity contribution in [1.29, 1.82) is 0 Å². The van der Waals surface area contributed by atoms with Crippen LogP contribution >= 0.6 is 0 Å². The number of aromatic nitrogens is 3. The zero-order valence-electron chi connectivity index (χ0n) is 15.0. The number of hydrogen-bond donors (Lipinski definition) is 3. The average Bonchev–Trinajstić information content (AvgIpc) is 3.27. The summed E-state index contributed by atoms with van der Waals surface area (Å²) in [7, 11) is 0. The maximum Gasteiger partial charge on any atom is 0.317 e. The molecule has 0 aliphatic carbocycles. The van der Waals surface area contributed by atoms with Crippen molar-refractivity contribution in [2.75, 3.05) is 37.6 Å². The molecule has 0 spiro atoms. The summed E-state index contributed by atoms with van der Waals surface area (Å²) in [6, 6.07) is 12.4. The number of hydrogen-bond acceptors (Lipinski definition) is 3. The lowest BCUT2D eigenvalue weighted by Gasteiger charge is -2.34. The van der Waals surface area contributed by atoms with Crippen molar-refractivity contribution in [1.82, 2.24) is 25.4 Å². The number of nitrogens with one attached hydrogen (secondary N) is 3. The standard InChI is InChI=1S/C19H24N6O/c1-14-12-18(23-22-14)24-8-10-25(11-9-24)19(26)20-7-6-16-13-15-4-2-3-5-17(15)21-16/h2-5,12-13,21H,6-11H2,1H3,(H,20,26)(H,22,23). The highest BCUT2D eigenvalue weighted by atomic mass is 16.2. The normalized spacial score (nSPS) is 14.8. The Kier molecular flexibility index (Phi) is 4.51. The predicted octanol–water partition coefficient (Wildman–Crippen LogP) is 2.27. The molecule has 2 aromatic heterocycles. The molecule has 26 heavy (non-hydrogen) atoms. The Morgan fingerprint density at radius 3 is 2.73 bits per heavy atom. The number of benzene rings is 1. The van der Waals surface area contributed by atoms with Crippen molar-refractivity contribution in [3.8, 4) is 0 Å². The van der Waals surface area contributed by atoms with Gasteiger partial charge in [0.15, 0.2) is 5.82 Å². The average molecular weight is 352 g/mol. The van der Waals surface area contributed by atoms with Gasteiger partial charge in [0.2, 0.25) is 0 Å². The highest BCUT2D eigenvalue weighted by molar-refractivity contribution is 5.80. The molecule has 4 rings (SSSR count). The van der Waals surface area contributed by atoms with E-state index in [4.69, 9.17) is 0 Å². The molecule has 0 unspecified atom stereocenters. The Morgan fingerprint density at radius 1 is 1.19 bits per heavy atom. The fourth-order valence-corrected chi connectivity index (χ4v) is 3.39. The molecule has 1 aromatic carbocycles. The fraction of sp³-hybridized carbons (Fsp3) is 0.368. The number of anilines is 1. The molecule has 1 aliphatic heterocycles. The number of nitrogens with zero attached hydrogens (tertiary/aromatic N) is 3. The van der Waals surface area contributed by atoms with Crippen LogP contribution < -0.4 is 10.2 Å². The maximum absolute atomic E-state index is 12.4. The highest BCUT2D eigenvalue weighted by Gasteiger charge is 2.22. The molecule has 7 nitrogen and oxygen atoms in total. The Labute approximate surface area is 152 Å². The molecular weight excluding hydrogens is 328 g/mol. The molecule has 2 amide bonds. The van der Waals surface area contributed by atoms with Crippen LogP contribution in [0.15, 0.2) is 36.4 Å².